The lowest BCUT2D eigenvalue weighted by Gasteiger charge is -2.30. The second-order valence-corrected chi connectivity index (χ2v) is 11.0. The number of pyridine rings is 1. The van der Waals surface area contributed by atoms with Crippen molar-refractivity contribution in [3.05, 3.63) is 69.4 Å². The van der Waals surface area contributed by atoms with Gasteiger partial charge in [0.25, 0.3) is 5.91 Å². The van der Waals surface area contributed by atoms with E-state index in [0.717, 1.165) is 21.8 Å². The number of carbonyl (C=O) groups excluding carboxylic acids is 2. The molecule has 0 aliphatic carbocycles. The summed E-state index contributed by atoms with van der Waals surface area (Å²) in [5.74, 6) is 0.630. The van der Waals surface area contributed by atoms with Crippen LogP contribution in [0.2, 0.25) is 5.02 Å². The van der Waals surface area contributed by atoms with Crippen LogP contribution in [0.5, 0.6) is 0 Å². The van der Waals surface area contributed by atoms with Crippen molar-refractivity contribution >= 4 is 46.5 Å². The number of amides is 2. The van der Waals surface area contributed by atoms with E-state index in [1.165, 1.54) is 23.1 Å². The summed E-state index contributed by atoms with van der Waals surface area (Å²) in [5.41, 5.74) is 8.63. The van der Waals surface area contributed by atoms with E-state index in [-0.39, 0.29) is 17.7 Å². The lowest BCUT2D eigenvalue weighted by molar-refractivity contribution is -0.123. The number of aryl methyl sites for hydroxylation is 1. The number of rotatable bonds is 7. The molecule has 5 rings (SSSR count). The Balaban J connectivity index is 1.35. The molecule has 0 saturated carbocycles. The Labute approximate surface area is 227 Å². The number of thiazole rings is 1. The number of hydrogen-bond donors (Lipinski definition) is 1. The summed E-state index contributed by atoms with van der Waals surface area (Å²) in [6.07, 6.45) is 4.62. The topological polar surface area (TPSA) is 120 Å². The molecule has 0 unspecified atom stereocenters. The fraction of sp³-hybridized carbons (Fsp3) is 0.280. The third-order valence-electron chi connectivity index (χ3n) is 6.26. The molecule has 4 aromatic rings. The highest BCUT2D eigenvalue weighted by Crippen LogP contribution is 2.32. The molecular weight excluding hydrogens is 530 g/mol. The van der Waals surface area contributed by atoms with Crippen LogP contribution in [-0.4, -0.2) is 54.5 Å². The maximum absolute atomic E-state index is 12.9. The normalized spacial score (nSPS) is 14.2. The number of halogens is 1. The molecule has 1 aliphatic heterocycles. The van der Waals surface area contributed by atoms with Crippen LogP contribution in [0.25, 0.3) is 17.1 Å². The maximum atomic E-state index is 12.9. The fourth-order valence-corrected chi connectivity index (χ4v) is 6.12. The van der Waals surface area contributed by atoms with E-state index < -0.39 is 0 Å². The van der Waals surface area contributed by atoms with Gasteiger partial charge in [0.2, 0.25) is 5.91 Å². The number of nitrogens with zero attached hydrogens (tertiary/aromatic N) is 6. The molecule has 9 nitrogen and oxygen atoms in total. The zero-order chi connectivity index (χ0) is 25.9. The van der Waals surface area contributed by atoms with Crippen LogP contribution in [-0.2, 0) is 10.5 Å². The van der Waals surface area contributed by atoms with Crippen molar-refractivity contribution in [3.63, 3.8) is 0 Å². The molecule has 190 valence electrons. The lowest BCUT2D eigenvalue weighted by atomic mass is 9.96. The molecule has 37 heavy (non-hydrogen) atoms. The standard InChI is InChI=1S/C25H24ClN7O2S2/c1-15-2-3-18(26)12-20(15)33-23(17-4-8-28-9-5-17)30-31-25(33)37-14-21-29-19(13-36-21)24(35)32-10-6-16(7-11-32)22(27)34/h2-5,8-9,12-13,16H,6-7,10-11,14H2,1H3,(H2,27,34). The monoisotopic (exact) mass is 553 g/mol. The van der Waals surface area contributed by atoms with Gasteiger partial charge in [-0.05, 0) is 49.6 Å². The minimum atomic E-state index is -0.298. The molecule has 0 spiro atoms. The van der Waals surface area contributed by atoms with Crippen LogP contribution in [0.15, 0.2) is 53.3 Å². The number of nitrogens with two attached hydrogens (primary N) is 1. The molecule has 1 aromatic carbocycles. The number of thioether (sulfide) groups is 1. The van der Waals surface area contributed by atoms with Gasteiger partial charge >= 0.3 is 0 Å². The second kappa shape index (κ2) is 11.0. The van der Waals surface area contributed by atoms with E-state index in [9.17, 15) is 9.59 Å². The fourth-order valence-electron chi connectivity index (χ4n) is 4.22. The van der Waals surface area contributed by atoms with Gasteiger partial charge in [0.15, 0.2) is 11.0 Å². The van der Waals surface area contributed by atoms with Gasteiger partial charge < -0.3 is 10.6 Å². The van der Waals surface area contributed by atoms with E-state index >= 15 is 0 Å². The summed E-state index contributed by atoms with van der Waals surface area (Å²) in [6, 6.07) is 9.50. The first-order chi connectivity index (χ1) is 17.9. The third-order valence-corrected chi connectivity index (χ3v) is 8.47. The van der Waals surface area contributed by atoms with Crippen LogP contribution in [0.3, 0.4) is 0 Å². The Morgan fingerprint density at radius 3 is 2.65 bits per heavy atom. The summed E-state index contributed by atoms with van der Waals surface area (Å²) < 4.78 is 1.99. The average Bonchev–Trinajstić information content (AvgIpc) is 3.56. The van der Waals surface area contributed by atoms with Crippen LogP contribution < -0.4 is 5.73 Å². The first-order valence-corrected chi connectivity index (χ1v) is 13.9. The molecular formula is C25H24ClN7O2S2. The lowest BCUT2D eigenvalue weighted by Crippen LogP contribution is -2.41. The van der Waals surface area contributed by atoms with E-state index in [2.05, 4.69) is 20.2 Å². The zero-order valence-electron chi connectivity index (χ0n) is 20.0. The zero-order valence-corrected chi connectivity index (χ0v) is 22.4. The molecule has 4 heterocycles. The molecule has 0 atom stereocenters. The van der Waals surface area contributed by atoms with Crippen LogP contribution in [0, 0.1) is 12.8 Å². The molecule has 2 N–H and O–H groups in total. The largest absolute Gasteiger partial charge is 0.369 e. The van der Waals surface area contributed by atoms with E-state index in [1.54, 1.807) is 22.7 Å². The van der Waals surface area contributed by atoms with Crippen molar-refractivity contribution in [2.24, 2.45) is 11.7 Å². The van der Waals surface area contributed by atoms with Crippen LogP contribution in [0.1, 0.15) is 33.9 Å². The van der Waals surface area contributed by atoms with Gasteiger partial charge in [0.1, 0.15) is 10.7 Å². The predicted octanol–water partition coefficient (Wildman–Crippen LogP) is 4.38. The first-order valence-electron chi connectivity index (χ1n) is 11.7. The number of hydrogen-bond acceptors (Lipinski definition) is 8. The highest BCUT2D eigenvalue weighted by molar-refractivity contribution is 7.98. The molecule has 12 heteroatoms. The van der Waals surface area contributed by atoms with Crippen molar-refractivity contribution in [2.45, 2.75) is 30.7 Å². The minimum Gasteiger partial charge on any atom is -0.369 e. The highest BCUT2D eigenvalue weighted by atomic mass is 35.5. The van der Waals surface area contributed by atoms with Crippen molar-refractivity contribution in [1.29, 1.82) is 0 Å². The number of likely N-dealkylation sites (tertiary alicyclic amines) is 1. The summed E-state index contributed by atoms with van der Waals surface area (Å²) in [7, 11) is 0. The Morgan fingerprint density at radius 2 is 1.92 bits per heavy atom. The highest BCUT2D eigenvalue weighted by Gasteiger charge is 2.27. The molecule has 0 radical (unpaired) electrons. The van der Waals surface area contributed by atoms with Crippen molar-refractivity contribution in [2.75, 3.05) is 13.1 Å². The summed E-state index contributed by atoms with van der Waals surface area (Å²) in [6.45, 7) is 3.03. The van der Waals surface area contributed by atoms with Gasteiger partial charge in [-0.2, -0.15) is 0 Å². The molecule has 1 saturated heterocycles. The number of piperidine rings is 1. The number of aromatic nitrogens is 5. The predicted molar refractivity (Wildman–Crippen MR) is 144 cm³/mol. The van der Waals surface area contributed by atoms with E-state index in [4.69, 9.17) is 17.3 Å². The Morgan fingerprint density at radius 1 is 1.16 bits per heavy atom. The Kier molecular flexibility index (Phi) is 7.54. The summed E-state index contributed by atoms with van der Waals surface area (Å²) in [4.78, 5) is 34.8. The molecule has 1 fully saturated rings. The van der Waals surface area contributed by atoms with Crippen LogP contribution in [0.4, 0.5) is 0 Å². The molecule has 0 bridgehead atoms. The molecule has 2 amide bonds. The van der Waals surface area contributed by atoms with Crippen molar-refractivity contribution in [1.82, 2.24) is 29.6 Å². The smallest absolute Gasteiger partial charge is 0.273 e. The van der Waals surface area contributed by atoms with Gasteiger partial charge in [-0.3, -0.25) is 19.1 Å². The maximum Gasteiger partial charge on any atom is 0.273 e. The van der Waals surface area contributed by atoms with Crippen LogP contribution >= 0.6 is 34.7 Å². The first kappa shape index (κ1) is 25.4. The van der Waals surface area contributed by atoms with Gasteiger partial charge in [-0.15, -0.1) is 21.5 Å². The van der Waals surface area contributed by atoms with Crippen molar-refractivity contribution < 1.29 is 9.59 Å². The SMILES string of the molecule is Cc1ccc(Cl)cc1-n1c(SCc2nc(C(=O)N3CCC(C(N)=O)CC3)cs2)nnc1-c1ccncc1. The number of primary amides is 1. The third kappa shape index (κ3) is 5.53. The van der Waals surface area contributed by atoms with Gasteiger partial charge in [0, 0.05) is 47.4 Å². The van der Waals surface area contributed by atoms with Crippen molar-refractivity contribution in [3.8, 4) is 17.1 Å². The quantitative estimate of drug-likeness (QED) is 0.337. The Bertz CT molecular complexity index is 1430. The molecule has 1 aliphatic rings. The Hall–Kier alpha value is -3.28. The minimum absolute atomic E-state index is 0.117. The molecule has 3 aromatic heterocycles. The number of benzene rings is 1. The van der Waals surface area contributed by atoms with Gasteiger partial charge in [-0.1, -0.05) is 29.4 Å². The van der Waals surface area contributed by atoms with E-state index in [1.807, 2.05) is 41.8 Å². The van der Waals surface area contributed by atoms with Gasteiger partial charge in [0.05, 0.1) is 11.4 Å². The number of carbonyl (C=O) groups is 2. The summed E-state index contributed by atoms with van der Waals surface area (Å²) in [5, 5.41) is 12.8. The van der Waals surface area contributed by atoms with E-state index in [0.29, 0.717) is 53.4 Å². The second-order valence-electron chi connectivity index (χ2n) is 8.69. The average molecular weight is 554 g/mol. The van der Waals surface area contributed by atoms with Gasteiger partial charge in [-0.25, -0.2) is 4.98 Å². The summed E-state index contributed by atoms with van der Waals surface area (Å²) >= 11 is 9.27.